The van der Waals surface area contributed by atoms with E-state index in [0.717, 1.165) is 55.9 Å². The third-order valence-corrected chi connectivity index (χ3v) is 24.5. The predicted octanol–water partition coefficient (Wildman–Crippen LogP) is 24.7. The third-order valence-electron chi connectivity index (χ3n) is 24.5. The highest BCUT2D eigenvalue weighted by molar-refractivity contribution is 6.23. The SMILES string of the molecule is CC1(C)c2cc(N(c3ccc4c(c3)C(C)(C)c3c5c(c6c(oc7ccccc76)c3-4)-c3ccccc3C5(C)C)c3ccc4c(c3)C(C)(C)c3c5c(c6oc7ccccc7c6c3-4)-c3ccccc3C5(C)C)ccc2-c2cc3c(cc21)-c1c(ccc2oc4ccccc4c12)C3(C)C. The number of para-hydroxylation sites is 3. The van der Waals surface area contributed by atoms with Crippen molar-refractivity contribution in [2.45, 2.75) is 116 Å². The Balaban J connectivity index is 0.793. The Morgan fingerprint density at radius 1 is 0.234 bits per heavy atom. The van der Waals surface area contributed by atoms with E-state index in [9.17, 15) is 0 Å². The van der Waals surface area contributed by atoms with E-state index in [2.05, 4.69) is 288 Å². The average Bonchev–Trinajstić information content (AvgIpc) is 1.53. The van der Waals surface area contributed by atoms with E-state index in [1.54, 1.807) is 0 Å². The second-order valence-electron chi connectivity index (χ2n) is 31.4. The molecule has 0 bridgehead atoms. The Hall–Kier alpha value is -10.2. The molecule has 0 saturated heterocycles. The molecule has 6 aliphatic carbocycles. The molecule has 0 amide bonds. The fraction of sp³-hybridized carbons (Fsp3) is 0.200. The van der Waals surface area contributed by atoms with Gasteiger partial charge in [-0.25, -0.2) is 0 Å². The van der Waals surface area contributed by atoms with E-state index in [1.807, 2.05) is 0 Å². The monoisotopic (exact) mass is 1210 g/mol. The first-order chi connectivity index (χ1) is 45.2. The Kier molecular flexibility index (Phi) is 9.53. The Morgan fingerprint density at radius 2 is 0.596 bits per heavy atom. The Bertz CT molecular complexity index is 6110. The van der Waals surface area contributed by atoms with Gasteiger partial charge in [-0.05, 0) is 195 Å². The lowest BCUT2D eigenvalue weighted by Gasteiger charge is -2.33. The van der Waals surface area contributed by atoms with E-state index < -0.39 is 10.8 Å². The number of anilines is 3. The number of hydrogen-bond acceptors (Lipinski definition) is 4. The third kappa shape index (κ3) is 6.07. The standard InChI is InChI=1S/C90H69NO3/c1-85(2)61-39-40-70-72(54-25-15-20-30-67(54)92-70)71(61)58-45-65-57(44-66(58)85)49-36-33-46(41-62(49)86(65,3)4)91(47-34-37-52-63(42-47)89(9,10)80-74(52)76-56-27-17-22-32-69(56)93-83(76)77-51-24-14-19-29-60(51)88(7,8)81(77)80)48-35-38-53-64(43-48)90(11,12)82-78(53)84-75(55-26-16-21-31-68(55)94-84)73-50-23-13-18-28-59(50)87(5,6)79(73)82/h13-45H,1-12H3. The summed E-state index contributed by atoms with van der Waals surface area (Å²) in [6.07, 6.45) is 0. The first-order valence-corrected chi connectivity index (χ1v) is 33.8. The van der Waals surface area contributed by atoms with Crippen LogP contribution in [0.15, 0.2) is 213 Å². The molecule has 0 fully saturated rings. The van der Waals surface area contributed by atoms with E-state index in [1.165, 1.54) is 160 Å². The number of rotatable bonds is 3. The largest absolute Gasteiger partial charge is 0.456 e. The van der Waals surface area contributed by atoms with Crippen molar-refractivity contribution in [1.29, 1.82) is 0 Å². The number of fused-ring (bicyclic) bond motifs is 34. The van der Waals surface area contributed by atoms with Crippen molar-refractivity contribution in [3.05, 3.63) is 267 Å². The van der Waals surface area contributed by atoms with Gasteiger partial charge in [-0.15, -0.1) is 0 Å². The summed E-state index contributed by atoms with van der Waals surface area (Å²) in [5.41, 5.74) is 39.0. The molecule has 4 nitrogen and oxygen atoms in total. The van der Waals surface area contributed by atoms with Crippen molar-refractivity contribution < 1.29 is 13.3 Å². The second kappa shape index (κ2) is 16.8. The van der Waals surface area contributed by atoms with Crippen LogP contribution in [-0.2, 0) is 32.5 Å². The lowest BCUT2D eigenvalue weighted by molar-refractivity contribution is 0.600. The molecule has 15 aromatic rings. The highest BCUT2D eigenvalue weighted by atomic mass is 16.3. The molecule has 0 aliphatic heterocycles. The maximum atomic E-state index is 7.22. The Labute approximate surface area is 547 Å². The minimum absolute atomic E-state index is 0.218. The molecule has 452 valence electrons. The van der Waals surface area contributed by atoms with Gasteiger partial charge in [-0.3, -0.25) is 0 Å². The fourth-order valence-electron chi connectivity index (χ4n) is 20.2. The first kappa shape index (κ1) is 53.4. The molecule has 0 saturated carbocycles. The van der Waals surface area contributed by atoms with Gasteiger partial charge in [0.05, 0.1) is 0 Å². The number of benzene rings is 12. The molecule has 3 aromatic heterocycles. The molecular formula is C90H69NO3. The topological polar surface area (TPSA) is 42.7 Å². The van der Waals surface area contributed by atoms with Crippen LogP contribution in [0.3, 0.4) is 0 Å². The zero-order valence-corrected chi connectivity index (χ0v) is 55.2. The molecule has 6 aliphatic rings. The molecule has 0 radical (unpaired) electrons. The first-order valence-electron chi connectivity index (χ1n) is 33.8. The van der Waals surface area contributed by atoms with Gasteiger partial charge in [-0.2, -0.15) is 0 Å². The summed E-state index contributed by atoms with van der Waals surface area (Å²) < 4.78 is 20.9. The Morgan fingerprint density at radius 3 is 1.13 bits per heavy atom. The van der Waals surface area contributed by atoms with Gasteiger partial charge >= 0.3 is 0 Å². The molecule has 0 atom stereocenters. The smallest absolute Gasteiger partial charge is 0.144 e. The molecule has 94 heavy (non-hydrogen) atoms. The fourth-order valence-corrected chi connectivity index (χ4v) is 20.2. The van der Waals surface area contributed by atoms with Crippen LogP contribution in [-0.4, -0.2) is 0 Å². The summed E-state index contributed by atoms with van der Waals surface area (Å²) in [5.74, 6) is 0. The average molecular weight is 1210 g/mol. The molecule has 4 heteroatoms. The highest BCUT2D eigenvalue weighted by Gasteiger charge is 2.52. The van der Waals surface area contributed by atoms with Crippen LogP contribution in [0.1, 0.15) is 150 Å². The number of furan rings is 3. The minimum atomic E-state index is -0.406. The molecular weight excluding hydrogens is 1140 g/mol. The number of nitrogens with zero attached hydrogens (tertiary/aromatic N) is 1. The van der Waals surface area contributed by atoms with Crippen molar-refractivity contribution in [1.82, 2.24) is 0 Å². The van der Waals surface area contributed by atoms with Gasteiger partial charge in [-0.1, -0.05) is 210 Å². The van der Waals surface area contributed by atoms with Crippen molar-refractivity contribution in [2.24, 2.45) is 0 Å². The normalized spacial score (nSPS) is 17.2. The van der Waals surface area contributed by atoms with Crippen LogP contribution in [0.25, 0.3) is 133 Å². The van der Waals surface area contributed by atoms with Crippen LogP contribution >= 0.6 is 0 Å². The van der Waals surface area contributed by atoms with Crippen LogP contribution in [0, 0.1) is 0 Å². The van der Waals surface area contributed by atoms with Gasteiger partial charge in [0.15, 0.2) is 0 Å². The van der Waals surface area contributed by atoms with Gasteiger partial charge in [0.2, 0.25) is 0 Å². The van der Waals surface area contributed by atoms with E-state index in [4.69, 9.17) is 13.3 Å². The minimum Gasteiger partial charge on any atom is -0.456 e. The van der Waals surface area contributed by atoms with Crippen molar-refractivity contribution in [3.8, 4) is 66.8 Å². The van der Waals surface area contributed by atoms with Gasteiger partial charge in [0, 0.05) is 93.0 Å². The lowest BCUT2D eigenvalue weighted by atomic mass is 9.72. The molecule has 0 unspecified atom stereocenters. The molecule has 0 spiro atoms. The van der Waals surface area contributed by atoms with Crippen molar-refractivity contribution in [2.75, 3.05) is 4.90 Å². The van der Waals surface area contributed by atoms with E-state index in [-0.39, 0.29) is 21.7 Å². The maximum Gasteiger partial charge on any atom is 0.144 e. The molecule has 3 heterocycles. The van der Waals surface area contributed by atoms with Crippen molar-refractivity contribution in [3.63, 3.8) is 0 Å². The maximum absolute atomic E-state index is 7.22. The second-order valence-corrected chi connectivity index (χ2v) is 31.4. The summed E-state index contributed by atoms with van der Waals surface area (Å²) >= 11 is 0. The molecule has 12 aromatic carbocycles. The van der Waals surface area contributed by atoms with E-state index in [0.29, 0.717) is 0 Å². The number of hydrogen-bond donors (Lipinski definition) is 0. The van der Waals surface area contributed by atoms with Gasteiger partial charge < -0.3 is 18.2 Å². The quantitative estimate of drug-likeness (QED) is 0.177. The summed E-state index contributed by atoms with van der Waals surface area (Å²) in [6.45, 7) is 29.4. The summed E-state index contributed by atoms with van der Waals surface area (Å²) in [7, 11) is 0. The summed E-state index contributed by atoms with van der Waals surface area (Å²) in [4.78, 5) is 2.59. The van der Waals surface area contributed by atoms with E-state index >= 15 is 0 Å². The predicted molar refractivity (Wildman–Crippen MR) is 388 cm³/mol. The van der Waals surface area contributed by atoms with Crippen LogP contribution in [0.5, 0.6) is 0 Å². The summed E-state index contributed by atoms with van der Waals surface area (Å²) in [6, 6.07) is 75.9. The zero-order chi connectivity index (χ0) is 63.5. The molecule has 0 N–H and O–H groups in total. The van der Waals surface area contributed by atoms with Crippen LogP contribution in [0.4, 0.5) is 17.1 Å². The van der Waals surface area contributed by atoms with Crippen molar-refractivity contribution >= 4 is 82.9 Å². The lowest BCUT2D eigenvalue weighted by Crippen LogP contribution is -2.24. The van der Waals surface area contributed by atoms with Crippen LogP contribution < -0.4 is 4.90 Å². The molecule has 21 rings (SSSR count). The van der Waals surface area contributed by atoms with Gasteiger partial charge in [0.1, 0.15) is 33.5 Å². The zero-order valence-electron chi connectivity index (χ0n) is 55.2. The van der Waals surface area contributed by atoms with Crippen LogP contribution in [0.2, 0.25) is 0 Å². The van der Waals surface area contributed by atoms with Gasteiger partial charge in [0.25, 0.3) is 0 Å². The summed E-state index contributed by atoms with van der Waals surface area (Å²) in [5, 5.41) is 7.16. The highest BCUT2D eigenvalue weighted by Crippen LogP contribution is 2.67.